The third kappa shape index (κ3) is 5.38. The Hall–Kier alpha value is -0.970. The second-order valence-electron chi connectivity index (χ2n) is 6.15. The molecule has 2 N–H and O–H groups in total. The monoisotopic (exact) mass is 313 g/mol. The first-order valence-electron chi connectivity index (χ1n) is 7.47. The highest BCUT2D eigenvalue weighted by Gasteiger charge is 2.23. The Labute approximate surface area is 134 Å². The summed E-state index contributed by atoms with van der Waals surface area (Å²) in [4.78, 5) is 4.85. The number of piperazine rings is 1. The van der Waals surface area contributed by atoms with Gasteiger partial charge >= 0.3 is 0 Å². The fourth-order valence-electron chi connectivity index (χ4n) is 2.72. The van der Waals surface area contributed by atoms with Crippen LogP contribution in [0.1, 0.15) is 20.8 Å². The molecule has 0 spiro atoms. The summed E-state index contributed by atoms with van der Waals surface area (Å²) in [6.07, 6.45) is 0. The highest BCUT2D eigenvalue weighted by molar-refractivity contribution is 5.85. The smallest absolute Gasteiger partial charge is 0.142 e. The number of nitrogens with two attached hydrogens (primary N) is 1. The van der Waals surface area contributed by atoms with E-state index in [2.05, 4.69) is 35.8 Å². The maximum Gasteiger partial charge on any atom is 0.142 e. The lowest BCUT2D eigenvalue weighted by Gasteiger charge is -2.39. The Morgan fingerprint density at radius 1 is 1.14 bits per heavy atom. The number of para-hydroxylation sites is 2. The second kappa shape index (κ2) is 7.87. The first kappa shape index (κ1) is 18.1. The molecule has 1 saturated heterocycles. The predicted octanol–water partition coefficient (Wildman–Crippen LogP) is 2.37. The van der Waals surface area contributed by atoms with Crippen molar-refractivity contribution in [2.24, 2.45) is 5.73 Å². The molecular weight excluding hydrogens is 286 g/mol. The van der Waals surface area contributed by atoms with Crippen molar-refractivity contribution in [3.05, 3.63) is 24.3 Å². The van der Waals surface area contributed by atoms with Crippen LogP contribution in [0, 0.1) is 0 Å². The predicted molar refractivity (Wildman–Crippen MR) is 91.8 cm³/mol. The highest BCUT2D eigenvalue weighted by Crippen LogP contribution is 2.28. The molecule has 0 amide bonds. The average Bonchev–Trinajstić information content (AvgIpc) is 2.39. The third-order valence-electron chi connectivity index (χ3n) is 3.51. The van der Waals surface area contributed by atoms with Gasteiger partial charge in [0.25, 0.3) is 0 Å². The summed E-state index contributed by atoms with van der Waals surface area (Å²) in [5.74, 6) is 0.989. The molecule has 0 atom stereocenters. The van der Waals surface area contributed by atoms with Crippen molar-refractivity contribution in [3.63, 3.8) is 0 Å². The number of nitrogens with zero attached hydrogens (tertiary/aromatic N) is 2. The lowest BCUT2D eigenvalue weighted by Crippen LogP contribution is -2.53. The molecule has 0 aliphatic carbocycles. The van der Waals surface area contributed by atoms with Gasteiger partial charge in [-0.15, -0.1) is 12.4 Å². The van der Waals surface area contributed by atoms with E-state index in [1.807, 2.05) is 19.1 Å². The Kier molecular flexibility index (Phi) is 6.78. The number of hydrogen-bond donors (Lipinski definition) is 1. The second-order valence-corrected chi connectivity index (χ2v) is 6.15. The minimum absolute atomic E-state index is 0. The summed E-state index contributed by atoms with van der Waals surface area (Å²) in [6, 6.07) is 8.30. The summed E-state index contributed by atoms with van der Waals surface area (Å²) < 4.78 is 5.72. The standard InChI is InChI=1S/C16H27N3O.ClH/c1-4-20-15-8-6-5-7-14(15)19-11-9-18(10-12-19)13-16(2,3)17;/h5-8H,4,9-13,17H2,1-3H3;1H. The van der Waals surface area contributed by atoms with Gasteiger partial charge in [0.1, 0.15) is 5.75 Å². The largest absolute Gasteiger partial charge is 0.492 e. The zero-order valence-electron chi connectivity index (χ0n) is 13.3. The highest BCUT2D eigenvalue weighted by atomic mass is 35.5. The van der Waals surface area contributed by atoms with Gasteiger partial charge in [-0.25, -0.2) is 0 Å². The minimum atomic E-state index is -0.120. The van der Waals surface area contributed by atoms with Crippen LogP contribution in [0.3, 0.4) is 0 Å². The Bertz CT molecular complexity index is 426. The van der Waals surface area contributed by atoms with E-state index in [0.29, 0.717) is 6.61 Å². The van der Waals surface area contributed by atoms with Crippen molar-refractivity contribution >= 4 is 18.1 Å². The lowest BCUT2D eigenvalue weighted by molar-refractivity contribution is 0.213. The Morgan fingerprint density at radius 3 is 2.33 bits per heavy atom. The van der Waals surface area contributed by atoms with E-state index in [1.165, 1.54) is 5.69 Å². The fraction of sp³-hybridized carbons (Fsp3) is 0.625. The van der Waals surface area contributed by atoms with Crippen LogP contribution in [-0.2, 0) is 0 Å². The molecule has 120 valence electrons. The van der Waals surface area contributed by atoms with Crippen molar-refractivity contribution in [1.82, 2.24) is 4.90 Å². The quantitative estimate of drug-likeness (QED) is 0.906. The maximum absolute atomic E-state index is 6.10. The molecule has 1 aliphatic heterocycles. The van der Waals surface area contributed by atoms with Gasteiger partial charge in [-0.2, -0.15) is 0 Å². The molecule has 0 unspecified atom stereocenters. The van der Waals surface area contributed by atoms with E-state index >= 15 is 0 Å². The van der Waals surface area contributed by atoms with Crippen LogP contribution in [-0.4, -0.2) is 49.8 Å². The molecule has 1 aromatic rings. The van der Waals surface area contributed by atoms with Crippen LogP contribution in [0.5, 0.6) is 5.75 Å². The minimum Gasteiger partial charge on any atom is -0.492 e. The summed E-state index contributed by atoms with van der Waals surface area (Å²) in [7, 11) is 0. The molecule has 0 saturated carbocycles. The summed E-state index contributed by atoms with van der Waals surface area (Å²) in [5, 5.41) is 0. The van der Waals surface area contributed by atoms with Gasteiger partial charge in [0.2, 0.25) is 0 Å². The number of benzene rings is 1. The zero-order valence-corrected chi connectivity index (χ0v) is 14.2. The molecule has 1 heterocycles. The van der Waals surface area contributed by atoms with Gasteiger partial charge in [-0.05, 0) is 32.9 Å². The normalized spacial score (nSPS) is 16.5. The van der Waals surface area contributed by atoms with Crippen molar-refractivity contribution in [1.29, 1.82) is 0 Å². The van der Waals surface area contributed by atoms with Gasteiger partial charge in [0.05, 0.1) is 12.3 Å². The molecule has 1 aromatic carbocycles. The molecule has 5 heteroatoms. The van der Waals surface area contributed by atoms with Crippen LogP contribution in [0.4, 0.5) is 5.69 Å². The molecule has 4 nitrogen and oxygen atoms in total. The Morgan fingerprint density at radius 2 is 1.76 bits per heavy atom. The van der Waals surface area contributed by atoms with Gasteiger partial charge < -0.3 is 15.4 Å². The van der Waals surface area contributed by atoms with Gasteiger partial charge in [-0.1, -0.05) is 12.1 Å². The summed E-state index contributed by atoms with van der Waals surface area (Å²) in [5.41, 5.74) is 7.19. The van der Waals surface area contributed by atoms with E-state index in [1.54, 1.807) is 0 Å². The number of ether oxygens (including phenoxy) is 1. The van der Waals surface area contributed by atoms with Crippen molar-refractivity contribution in [2.75, 3.05) is 44.2 Å². The first-order valence-corrected chi connectivity index (χ1v) is 7.47. The van der Waals surface area contributed by atoms with Gasteiger partial charge in [0.15, 0.2) is 0 Å². The van der Waals surface area contributed by atoms with E-state index in [0.717, 1.165) is 38.5 Å². The molecule has 1 fully saturated rings. The molecule has 0 bridgehead atoms. The molecule has 0 radical (unpaired) electrons. The van der Waals surface area contributed by atoms with Crippen LogP contribution in [0.25, 0.3) is 0 Å². The fourth-order valence-corrected chi connectivity index (χ4v) is 2.72. The average molecular weight is 314 g/mol. The van der Waals surface area contributed by atoms with Crippen LogP contribution < -0.4 is 15.4 Å². The van der Waals surface area contributed by atoms with Gasteiger partial charge in [0, 0.05) is 38.3 Å². The molecule has 0 aromatic heterocycles. The summed E-state index contributed by atoms with van der Waals surface area (Å²) in [6.45, 7) is 12.0. The van der Waals surface area contributed by atoms with Crippen LogP contribution in [0.15, 0.2) is 24.3 Å². The summed E-state index contributed by atoms with van der Waals surface area (Å²) >= 11 is 0. The zero-order chi connectivity index (χ0) is 14.6. The number of halogens is 1. The lowest BCUT2D eigenvalue weighted by atomic mass is 10.1. The van der Waals surface area contributed by atoms with Crippen LogP contribution in [0.2, 0.25) is 0 Å². The van der Waals surface area contributed by atoms with Crippen molar-refractivity contribution in [2.45, 2.75) is 26.3 Å². The number of anilines is 1. The Balaban J connectivity index is 0.00000220. The first-order chi connectivity index (χ1) is 9.49. The van der Waals surface area contributed by atoms with E-state index in [-0.39, 0.29) is 17.9 Å². The van der Waals surface area contributed by atoms with E-state index in [9.17, 15) is 0 Å². The van der Waals surface area contributed by atoms with Crippen molar-refractivity contribution in [3.8, 4) is 5.75 Å². The third-order valence-corrected chi connectivity index (χ3v) is 3.51. The number of rotatable bonds is 5. The molecule has 2 rings (SSSR count). The topological polar surface area (TPSA) is 41.7 Å². The molecule has 21 heavy (non-hydrogen) atoms. The number of hydrogen-bond acceptors (Lipinski definition) is 4. The molecular formula is C16H28ClN3O. The van der Waals surface area contributed by atoms with Crippen molar-refractivity contribution < 1.29 is 4.74 Å². The maximum atomic E-state index is 6.10. The van der Waals surface area contributed by atoms with E-state index in [4.69, 9.17) is 10.5 Å². The van der Waals surface area contributed by atoms with Gasteiger partial charge in [-0.3, -0.25) is 4.90 Å². The van der Waals surface area contributed by atoms with Crippen LogP contribution >= 0.6 is 12.4 Å². The molecule has 1 aliphatic rings. The van der Waals surface area contributed by atoms with E-state index < -0.39 is 0 Å². The SMILES string of the molecule is CCOc1ccccc1N1CCN(CC(C)(C)N)CC1.Cl.